The van der Waals surface area contributed by atoms with Crippen LogP contribution in [0.2, 0.25) is 0 Å². The van der Waals surface area contributed by atoms with Gasteiger partial charge in [0.25, 0.3) is 5.91 Å². The number of quaternary nitrogens is 1. The number of nitrogens with zero attached hydrogens (tertiary/aromatic N) is 2. The lowest BCUT2D eigenvalue weighted by molar-refractivity contribution is -0.896. The van der Waals surface area contributed by atoms with Gasteiger partial charge in [-0.3, -0.25) is 4.79 Å². The average Bonchev–Trinajstić information content (AvgIpc) is 2.68. The third-order valence-electron chi connectivity index (χ3n) is 5.90. The van der Waals surface area contributed by atoms with E-state index >= 15 is 0 Å². The van der Waals surface area contributed by atoms with E-state index in [0.29, 0.717) is 44.8 Å². The van der Waals surface area contributed by atoms with Crippen molar-refractivity contribution in [2.75, 3.05) is 32.7 Å². The Morgan fingerprint density at radius 2 is 1.71 bits per heavy atom. The lowest BCUT2D eigenvalue weighted by atomic mass is 9.97. The van der Waals surface area contributed by atoms with Crippen molar-refractivity contribution in [1.82, 2.24) is 9.21 Å². The summed E-state index contributed by atoms with van der Waals surface area (Å²) in [5.74, 6) is 0.204. The van der Waals surface area contributed by atoms with Crippen LogP contribution in [0.15, 0.2) is 35.7 Å². The van der Waals surface area contributed by atoms with Crippen molar-refractivity contribution in [2.45, 2.75) is 45.2 Å². The van der Waals surface area contributed by atoms with Crippen LogP contribution in [0.1, 0.15) is 38.7 Å². The average molecular weight is 407 g/mol. The Kier molecular flexibility index (Phi) is 6.91. The summed E-state index contributed by atoms with van der Waals surface area (Å²) < 4.78 is 26.7. The molecule has 2 saturated heterocycles. The van der Waals surface area contributed by atoms with Gasteiger partial charge in [0.1, 0.15) is 0 Å². The SMILES string of the molecule is C[C@H]1CCC[C@H](C)N1C(=O)C[NH+]1CCN(S(=O)(=O)/C=C/c2ccccc2)CC1. The van der Waals surface area contributed by atoms with Crippen molar-refractivity contribution in [3.63, 3.8) is 0 Å². The molecule has 0 unspecified atom stereocenters. The Morgan fingerprint density at radius 3 is 2.32 bits per heavy atom. The highest BCUT2D eigenvalue weighted by molar-refractivity contribution is 7.92. The summed E-state index contributed by atoms with van der Waals surface area (Å²) in [6.07, 6.45) is 4.97. The molecule has 0 saturated carbocycles. The van der Waals surface area contributed by atoms with Gasteiger partial charge in [0, 0.05) is 17.5 Å². The predicted molar refractivity (Wildman–Crippen MR) is 111 cm³/mol. The molecule has 1 amide bonds. The van der Waals surface area contributed by atoms with Crippen molar-refractivity contribution in [1.29, 1.82) is 0 Å². The maximum atomic E-state index is 12.8. The monoisotopic (exact) mass is 406 g/mol. The first-order chi connectivity index (χ1) is 13.4. The van der Waals surface area contributed by atoms with Gasteiger partial charge in [-0.15, -0.1) is 0 Å². The molecule has 0 bridgehead atoms. The van der Waals surface area contributed by atoms with E-state index in [9.17, 15) is 13.2 Å². The van der Waals surface area contributed by atoms with Crippen molar-refractivity contribution in [2.24, 2.45) is 0 Å². The normalized spacial score (nSPS) is 25.3. The highest BCUT2D eigenvalue weighted by Gasteiger charge is 2.33. The Balaban J connectivity index is 1.52. The van der Waals surface area contributed by atoms with Gasteiger partial charge in [-0.2, -0.15) is 4.31 Å². The van der Waals surface area contributed by atoms with Gasteiger partial charge in [0.05, 0.1) is 26.2 Å². The molecule has 0 spiro atoms. The maximum Gasteiger partial charge on any atom is 0.278 e. The molecule has 28 heavy (non-hydrogen) atoms. The number of nitrogens with one attached hydrogen (secondary N) is 1. The molecule has 2 fully saturated rings. The lowest BCUT2D eigenvalue weighted by Crippen LogP contribution is -3.15. The van der Waals surface area contributed by atoms with Crippen molar-refractivity contribution in [3.8, 4) is 0 Å². The second-order valence-corrected chi connectivity index (χ2v) is 9.83. The molecule has 3 rings (SSSR count). The molecule has 2 aliphatic rings. The van der Waals surface area contributed by atoms with Crippen LogP contribution in [0.25, 0.3) is 6.08 Å². The highest BCUT2D eigenvalue weighted by atomic mass is 32.2. The second-order valence-electron chi connectivity index (χ2n) is 8.01. The first kappa shape index (κ1) is 21.0. The zero-order valence-corrected chi connectivity index (χ0v) is 17.7. The Labute approximate surface area is 168 Å². The van der Waals surface area contributed by atoms with Crippen molar-refractivity contribution in [3.05, 3.63) is 41.3 Å². The number of piperidine rings is 1. The van der Waals surface area contributed by atoms with Gasteiger partial charge in [-0.25, -0.2) is 8.42 Å². The standard InChI is InChI=1S/C21H31N3O3S/c1-18-7-6-8-19(2)24(18)21(25)17-22-12-14-23(15-13-22)28(26,27)16-11-20-9-4-3-5-10-20/h3-5,9-11,16,18-19H,6-8,12-15,17H2,1-2H3/p+1/b16-11+/t18-,19-/m0/s1. The smallest absolute Gasteiger partial charge is 0.278 e. The first-order valence-electron chi connectivity index (χ1n) is 10.2. The van der Waals surface area contributed by atoms with Crippen LogP contribution < -0.4 is 4.90 Å². The van der Waals surface area contributed by atoms with Crippen LogP contribution in [-0.2, 0) is 14.8 Å². The zero-order chi connectivity index (χ0) is 20.1. The number of hydrogen-bond acceptors (Lipinski definition) is 3. The first-order valence-corrected chi connectivity index (χ1v) is 11.7. The number of rotatable bonds is 5. The number of likely N-dealkylation sites (tertiary alicyclic amines) is 1. The molecule has 1 aromatic carbocycles. The van der Waals surface area contributed by atoms with Gasteiger partial charge < -0.3 is 9.80 Å². The molecule has 2 aliphatic heterocycles. The molecule has 0 aromatic heterocycles. The molecule has 1 N–H and O–H groups in total. The van der Waals surface area contributed by atoms with Crippen molar-refractivity contribution >= 4 is 22.0 Å². The minimum atomic E-state index is -3.43. The summed E-state index contributed by atoms with van der Waals surface area (Å²) >= 11 is 0. The van der Waals surface area contributed by atoms with Gasteiger partial charge >= 0.3 is 0 Å². The van der Waals surface area contributed by atoms with Crippen LogP contribution in [0.3, 0.4) is 0 Å². The Morgan fingerprint density at radius 1 is 1.11 bits per heavy atom. The number of hydrogen-bond donors (Lipinski definition) is 1. The number of piperazine rings is 1. The van der Waals surface area contributed by atoms with Crippen LogP contribution in [0.5, 0.6) is 0 Å². The third kappa shape index (κ3) is 5.21. The van der Waals surface area contributed by atoms with Crippen LogP contribution in [0, 0.1) is 0 Å². The van der Waals surface area contributed by atoms with E-state index in [4.69, 9.17) is 0 Å². The summed E-state index contributed by atoms with van der Waals surface area (Å²) in [4.78, 5) is 16.0. The molecule has 2 atom stereocenters. The molecule has 1 aromatic rings. The summed E-state index contributed by atoms with van der Waals surface area (Å²) in [5.41, 5.74) is 0.866. The summed E-state index contributed by atoms with van der Waals surface area (Å²) in [6.45, 7) is 6.97. The van der Waals surface area contributed by atoms with Gasteiger partial charge in [-0.05, 0) is 44.7 Å². The van der Waals surface area contributed by atoms with Crippen LogP contribution >= 0.6 is 0 Å². The fourth-order valence-corrected chi connectivity index (χ4v) is 5.46. The number of benzene rings is 1. The summed E-state index contributed by atoms with van der Waals surface area (Å²) in [7, 11) is -3.43. The van der Waals surface area contributed by atoms with E-state index in [-0.39, 0.29) is 5.91 Å². The summed E-state index contributed by atoms with van der Waals surface area (Å²) in [6, 6.07) is 10.0. The lowest BCUT2D eigenvalue weighted by Gasteiger charge is -2.40. The quantitative estimate of drug-likeness (QED) is 0.793. The number of carbonyl (C=O) groups is 1. The maximum absolute atomic E-state index is 12.8. The van der Waals surface area contributed by atoms with Crippen LogP contribution in [0.4, 0.5) is 0 Å². The molecule has 6 nitrogen and oxygen atoms in total. The minimum Gasteiger partial charge on any atom is -0.332 e. The molecule has 7 heteroatoms. The fourth-order valence-electron chi connectivity index (χ4n) is 4.27. The Bertz CT molecular complexity index is 776. The number of amides is 1. The molecule has 2 heterocycles. The van der Waals surface area contributed by atoms with Gasteiger partial charge in [0.2, 0.25) is 10.0 Å². The largest absolute Gasteiger partial charge is 0.332 e. The zero-order valence-electron chi connectivity index (χ0n) is 16.9. The van der Waals surface area contributed by atoms with E-state index in [0.717, 1.165) is 18.4 Å². The molecule has 0 aliphatic carbocycles. The highest BCUT2D eigenvalue weighted by Crippen LogP contribution is 2.22. The molecule has 0 radical (unpaired) electrons. The molecule has 154 valence electrons. The van der Waals surface area contributed by atoms with Gasteiger partial charge in [0.15, 0.2) is 6.54 Å². The minimum absolute atomic E-state index is 0.204. The van der Waals surface area contributed by atoms with Crippen LogP contribution in [-0.4, -0.2) is 68.3 Å². The third-order valence-corrected chi connectivity index (χ3v) is 7.47. The molecular formula is C21H32N3O3S+. The number of carbonyl (C=O) groups excluding carboxylic acids is 1. The fraction of sp³-hybridized carbons (Fsp3) is 0.571. The second kappa shape index (κ2) is 9.20. The molecular weight excluding hydrogens is 374 g/mol. The van der Waals surface area contributed by atoms with E-state index in [2.05, 4.69) is 13.8 Å². The van der Waals surface area contributed by atoms with E-state index in [1.165, 1.54) is 21.0 Å². The predicted octanol–water partition coefficient (Wildman–Crippen LogP) is 0.977. The summed E-state index contributed by atoms with van der Waals surface area (Å²) in [5, 5.41) is 1.29. The van der Waals surface area contributed by atoms with E-state index in [1.54, 1.807) is 6.08 Å². The van der Waals surface area contributed by atoms with E-state index < -0.39 is 10.0 Å². The van der Waals surface area contributed by atoms with Crippen molar-refractivity contribution < 1.29 is 18.1 Å². The Hall–Kier alpha value is -1.70. The van der Waals surface area contributed by atoms with E-state index in [1.807, 2.05) is 35.2 Å². The number of sulfonamides is 1. The topological polar surface area (TPSA) is 62.1 Å². The van der Waals surface area contributed by atoms with Gasteiger partial charge in [-0.1, -0.05) is 30.3 Å².